The Morgan fingerprint density at radius 1 is 1.00 bits per heavy atom. The third-order valence-corrected chi connectivity index (χ3v) is 5.23. The van der Waals surface area contributed by atoms with Crippen LogP contribution in [0.5, 0.6) is 0 Å². The molecule has 6 N–H and O–H groups in total. The Labute approximate surface area is 170 Å². The minimum absolute atomic E-state index is 0.192. The van der Waals surface area contributed by atoms with E-state index < -0.39 is 6.10 Å². The number of aliphatic hydroxyl groups excluding tert-OH is 1. The quantitative estimate of drug-likeness (QED) is 0.496. The molecule has 2 heterocycles. The molecule has 1 fully saturated rings. The van der Waals surface area contributed by atoms with Crippen LogP contribution in [0.4, 0.5) is 23.3 Å². The third kappa shape index (κ3) is 4.67. The molecule has 29 heavy (non-hydrogen) atoms. The highest BCUT2D eigenvalue weighted by molar-refractivity contribution is 5.93. The van der Waals surface area contributed by atoms with Crippen molar-refractivity contribution in [1.29, 1.82) is 0 Å². The van der Waals surface area contributed by atoms with E-state index in [-0.39, 0.29) is 5.95 Å². The number of rotatable bonds is 6. The first-order valence-corrected chi connectivity index (χ1v) is 9.85. The first-order chi connectivity index (χ1) is 14.1. The van der Waals surface area contributed by atoms with Crippen molar-refractivity contribution in [3.8, 4) is 0 Å². The molecule has 0 saturated carbocycles. The summed E-state index contributed by atoms with van der Waals surface area (Å²) in [7, 11) is 0. The largest absolute Gasteiger partial charge is 0.390 e. The van der Waals surface area contributed by atoms with Crippen molar-refractivity contribution >= 4 is 34.0 Å². The van der Waals surface area contributed by atoms with E-state index in [1.165, 1.54) is 10.8 Å². The highest BCUT2D eigenvalue weighted by atomic mass is 16.3. The fraction of sp³-hybridized carbons (Fsp3) is 0.333. The molecule has 0 spiro atoms. The number of nitrogen functional groups attached to an aromatic ring is 2. The van der Waals surface area contributed by atoms with Crippen LogP contribution in [-0.2, 0) is 0 Å². The zero-order chi connectivity index (χ0) is 20.2. The standard InChI is InChI=1S/C21H27N7O/c22-19-12-20(26-21(23)25-19)28-10-8-27(9-11-28)14-16(29)13-24-18-7-3-5-15-4-1-2-6-17(15)18/h1-7,12,16,24,29H,8-11,13-14H2,(H4,22,23,25,26). The van der Waals surface area contributed by atoms with E-state index in [9.17, 15) is 5.11 Å². The lowest BCUT2D eigenvalue weighted by Gasteiger charge is -2.36. The Bertz CT molecular complexity index is 947. The summed E-state index contributed by atoms with van der Waals surface area (Å²) in [6.07, 6.45) is -0.453. The van der Waals surface area contributed by atoms with Crippen LogP contribution in [0.2, 0.25) is 0 Å². The summed E-state index contributed by atoms with van der Waals surface area (Å²) >= 11 is 0. The van der Waals surface area contributed by atoms with Crippen LogP contribution in [0.3, 0.4) is 0 Å². The van der Waals surface area contributed by atoms with Gasteiger partial charge in [-0.3, -0.25) is 4.90 Å². The second kappa shape index (κ2) is 8.50. The van der Waals surface area contributed by atoms with Gasteiger partial charge < -0.3 is 26.8 Å². The van der Waals surface area contributed by atoms with Gasteiger partial charge in [-0.2, -0.15) is 9.97 Å². The maximum absolute atomic E-state index is 10.5. The number of nitrogens with one attached hydrogen (secondary N) is 1. The lowest BCUT2D eigenvalue weighted by atomic mass is 10.1. The Balaban J connectivity index is 1.28. The van der Waals surface area contributed by atoms with Crippen molar-refractivity contribution in [2.75, 3.05) is 61.0 Å². The zero-order valence-corrected chi connectivity index (χ0v) is 16.3. The molecule has 1 aliphatic heterocycles. The van der Waals surface area contributed by atoms with Crippen molar-refractivity contribution in [3.05, 3.63) is 48.5 Å². The van der Waals surface area contributed by atoms with E-state index in [1.807, 2.05) is 24.3 Å². The SMILES string of the molecule is Nc1cc(N2CCN(CC(O)CNc3cccc4ccccc34)CC2)nc(N)n1. The molecule has 4 rings (SSSR count). The molecule has 0 amide bonds. The second-order valence-electron chi connectivity index (χ2n) is 7.36. The average molecular weight is 393 g/mol. The minimum Gasteiger partial charge on any atom is -0.390 e. The van der Waals surface area contributed by atoms with Gasteiger partial charge in [-0.1, -0.05) is 36.4 Å². The van der Waals surface area contributed by atoms with Crippen molar-refractivity contribution in [1.82, 2.24) is 14.9 Å². The van der Waals surface area contributed by atoms with Crippen molar-refractivity contribution in [3.63, 3.8) is 0 Å². The van der Waals surface area contributed by atoms with Crippen LogP contribution in [-0.4, -0.2) is 65.3 Å². The van der Waals surface area contributed by atoms with E-state index in [1.54, 1.807) is 6.07 Å². The number of nitrogens with zero attached hydrogens (tertiary/aromatic N) is 4. The molecule has 1 atom stereocenters. The number of hydrogen-bond donors (Lipinski definition) is 4. The highest BCUT2D eigenvalue weighted by Gasteiger charge is 2.20. The van der Waals surface area contributed by atoms with Gasteiger partial charge in [0.1, 0.15) is 11.6 Å². The van der Waals surface area contributed by atoms with E-state index in [4.69, 9.17) is 11.5 Å². The summed E-state index contributed by atoms with van der Waals surface area (Å²) in [5, 5.41) is 16.3. The molecule has 1 unspecified atom stereocenters. The van der Waals surface area contributed by atoms with Crippen LogP contribution >= 0.6 is 0 Å². The fourth-order valence-electron chi connectivity index (χ4n) is 3.76. The second-order valence-corrected chi connectivity index (χ2v) is 7.36. The van der Waals surface area contributed by atoms with Gasteiger partial charge in [-0.05, 0) is 11.5 Å². The molecule has 1 aliphatic rings. The van der Waals surface area contributed by atoms with Gasteiger partial charge in [0.25, 0.3) is 0 Å². The topological polar surface area (TPSA) is 117 Å². The predicted octanol–water partition coefficient (Wildman–Crippen LogP) is 1.39. The predicted molar refractivity (Wildman–Crippen MR) is 118 cm³/mol. The maximum Gasteiger partial charge on any atom is 0.223 e. The van der Waals surface area contributed by atoms with E-state index in [0.29, 0.717) is 18.9 Å². The molecule has 0 bridgehead atoms. The summed E-state index contributed by atoms with van der Waals surface area (Å²) in [6, 6.07) is 16.2. The molecule has 1 aromatic heterocycles. The third-order valence-electron chi connectivity index (χ3n) is 5.23. The van der Waals surface area contributed by atoms with Gasteiger partial charge in [-0.25, -0.2) is 0 Å². The summed E-state index contributed by atoms with van der Waals surface area (Å²) in [6.45, 7) is 4.43. The Morgan fingerprint density at radius 3 is 2.55 bits per heavy atom. The van der Waals surface area contributed by atoms with Crippen LogP contribution in [0, 0.1) is 0 Å². The highest BCUT2D eigenvalue weighted by Crippen LogP contribution is 2.23. The monoisotopic (exact) mass is 393 g/mol. The fourth-order valence-corrected chi connectivity index (χ4v) is 3.76. The normalized spacial score (nSPS) is 16.1. The number of β-amino-alcohol motifs (C(OH)–C–C–N with tert-alkyl or cyclic N) is 1. The first-order valence-electron chi connectivity index (χ1n) is 9.85. The van der Waals surface area contributed by atoms with Gasteiger partial charge in [-0.15, -0.1) is 0 Å². The van der Waals surface area contributed by atoms with Gasteiger partial charge in [0, 0.05) is 56.4 Å². The van der Waals surface area contributed by atoms with Crippen molar-refractivity contribution in [2.24, 2.45) is 0 Å². The number of benzene rings is 2. The Morgan fingerprint density at radius 2 is 1.76 bits per heavy atom. The maximum atomic E-state index is 10.5. The van der Waals surface area contributed by atoms with Crippen LogP contribution < -0.4 is 21.7 Å². The number of aromatic nitrogens is 2. The van der Waals surface area contributed by atoms with Crippen LogP contribution in [0.1, 0.15) is 0 Å². The van der Waals surface area contributed by atoms with E-state index >= 15 is 0 Å². The number of aliphatic hydroxyl groups is 1. The Hall–Kier alpha value is -3.10. The molecule has 1 saturated heterocycles. The number of nitrogens with two attached hydrogens (primary N) is 2. The lowest BCUT2D eigenvalue weighted by Crippen LogP contribution is -2.49. The molecule has 2 aromatic carbocycles. The average Bonchev–Trinajstić information content (AvgIpc) is 2.72. The minimum atomic E-state index is -0.453. The molecule has 152 valence electrons. The molecule has 0 aliphatic carbocycles. The van der Waals surface area contributed by atoms with Gasteiger partial charge in [0.05, 0.1) is 6.10 Å². The van der Waals surface area contributed by atoms with Crippen molar-refractivity contribution in [2.45, 2.75) is 6.10 Å². The van der Waals surface area contributed by atoms with E-state index in [0.717, 1.165) is 37.7 Å². The number of hydrogen-bond acceptors (Lipinski definition) is 8. The molecule has 3 aromatic rings. The summed E-state index contributed by atoms with van der Waals surface area (Å²) < 4.78 is 0. The van der Waals surface area contributed by atoms with Gasteiger partial charge in [0.2, 0.25) is 5.95 Å². The van der Waals surface area contributed by atoms with Gasteiger partial charge >= 0.3 is 0 Å². The molecule has 0 radical (unpaired) electrons. The molecule has 8 nitrogen and oxygen atoms in total. The number of piperazine rings is 1. The molecule has 8 heteroatoms. The van der Waals surface area contributed by atoms with Crippen LogP contribution in [0.15, 0.2) is 48.5 Å². The van der Waals surface area contributed by atoms with E-state index in [2.05, 4.69) is 43.3 Å². The Kier molecular flexibility index (Phi) is 5.64. The zero-order valence-electron chi connectivity index (χ0n) is 16.3. The summed E-state index contributed by atoms with van der Waals surface area (Å²) in [5.41, 5.74) is 12.5. The number of fused-ring (bicyclic) bond motifs is 1. The van der Waals surface area contributed by atoms with Crippen LogP contribution in [0.25, 0.3) is 10.8 Å². The smallest absolute Gasteiger partial charge is 0.223 e. The van der Waals surface area contributed by atoms with Gasteiger partial charge in [0.15, 0.2) is 0 Å². The lowest BCUT2D eigenvalue weighted by molar-refractivity contribution is 0.118. The number of anilines is 4. The molecular weight excluding hydrogens is 366 g/mol. The summed E-state index contributed by atoms with van der Waals surface area (Å²) in [4.78, 5) is 12.6. The first kappa shape index (κ1) is 19.2. The van der Waals surface area contributed by atoms with Crippen molar-refractivity contribution < 1.29 is 5.11 Å². The molecular formula is C21H27N7O. The summed E-state index contributed by atoms with van der Waals surface area (Å²) in [5.74, 6) is 1.33.